The molecule has 0 bridgehead atoms. The quantitative estimate of drug-likeness (QED) is 0.829. The maximum absolute atomic E-state index is 6.00. The van der Waals surface area contributed by atoms with Crippen LogP contribution in [0.4, 0.5) is 5.82 Å². The minimum Gasteiger partial charge on any atom is -0.376 e. The summed E-state index contributed by atoms with van der Waals surface area (Å²) in [5, 5.41) is 3.74. The molecule has 1 fully saturated rings. The molecule has 0 radical (unpaired) electrons. The number of halogens is 1. The molecule has 0 aromatic carbocycles. The maximum Gasteiger partial charge on any atom is 0.137 e. The van der Waals surface area contributed by atoms with Gasteiger partial charge in [-0.15, -0.1) is 0 Å². The first-order valence-corrected chi connectivity index (χ1v) is 6.11. The van der Waals surface area contributed by atoms with Crippen molar-refractivity contribution in [2.75, 3.05) is 31.7 Å². The van der Waals surface area contributed by atoms with Gasteiger partial charge in [-0.1, -0.05) is 18.5 Å². The average Bonchev–Trinajstić information content (AvgIpc) is 2.37. The lowest BCUT2D eigenvalue weighted by atomic mass is 10.2. The van der Waals surface area contributed by atoms with E-state index in [1.54, 1.807) is 0 Å². The average molecular weight is 258 g/mol. The first-order chi connectivity index (χ1) is 8.31. The van der Waals surface area contributed by atoms with E-state index in [-0.39, 0.29) is 6.10 Å². The Labute approximate surface area is 105 Å². The van der Waals surface area contributed by atoms with Gasteiger partial charge in [0.05, 0.1) is 25.9 Å². The molecule has 1 aromatic heterocycles. The highest BCUT2D eigenvalue weighted by Gasteiger charge is 2.15. The van der Waals surface area contributed by atoms with Gasteiger partial charge in [0.1, 0.15) is 17.3 Å². The van der Waals surface area contributed by atoms with Gasteiger partial charge in [-0.2, -0.15) is 0 Å². The highest BCUT2D eigenvalue weighted by atomic mass is 35.5. The summed E-state index contributed by atoms with van der Waals surface area (Å²) >= 11 is 6.00. The molecule has 1 saturated heterocycles. The number of nitrogens with one attached hydrogen (secondary N) is 1. The second-order valence-electron chi connectivity index (χ2n) is 3.79. The summed E-state index contributed by atoms with van der Waals surface area (Å²) in [5.41, 5.74) is 0.936. The molecule has 0 amide bonds. The van der Waals surface area contributed by atoms with E-state index < -0.39 is 0 Å². The Hall–Kier alpha value is -0.910. The highest BCUT2D eigenvalue weighted by Crippen LogP contribution is 2.20. The van der Waals surface area contributed by atoms with Crippen molar-refractivity contribution in [3.05, 3.63) is 17.0 Å². The summed E-state index contributed by atoms with van der Waals surface area (Å²) in [7, 11) is 0. The summed E-state index contributed by atoms with van der Waals surface area (Å²) in [5.74, 6) is 0.779. The molecular formula is C11H16ClN3O2. The Balaban J connectivity index is 1.95. The maximum atomic E-state index is 6.00. The lowest BCUT2D eigenvalue weighted by molar-refractivity contribution is -0.0819. The molecule has 0 saturated carbocycles. The van der Waals surface area contributed by atoms with E-state index in [9.17, 15) is 0 Å². The van der Waals surface area contributed by atoms with Crippen molar-refractivity contribution in [1.29, 1.82) is 0 Å². The van der Waals surface area contributed by atoms with E-state index in [1.807, 2.05) is 6.92 Å². The van der Waals surface area contributed by atoms with Gasteiger partial charge in [-0.05, 0) is 6.42 Å². The van der Waals surface area contributed by atoms with Crippen LogP contribution in [0.3, 0.4) is 0 Å². The number of ether oxygens (including phenoxy) is 2. The number of hydrogen-bond acceptors (Lipinski definition) is 5. The standard InChI is InChI=1S/C11H16ClN3O2/c1-2-9-10(12)14-7-15-11(9)13-5-8-6-16-3-4-17-8/h7-8H,2-6H2,1H3,(H,13,14,15). The van der Waals surface area contributed by atoms with Crippen LogP contribution in [0.25, 0.3) is 0 Å². The fourth-order valence-corrected chi connectivity index (χ4v) is 1.99. The third-order valence-electron chi connectivity index (χ3n) is 2.63. The van der Waals surface area contributed by atoms with E-state index in [0.717, 1.165) is 17.8 Å². The molecule has 6 heteroatoms. The second-order valence-corrected chi connectivity index (χ2v) is 4.15. The smallest absolute Gasteiger partial charge is 0.137 e. The van der Waals surface area contributed by atoms with Crippen LogP contribution in [-0.2, 0) is 15.9 Å². The topological polar surface area (TPSA) is 56.3 Å². The van der Waals surface area contributed by atoms with Crippen LogP contribution >= 0.6 is 11.6 Å². The zero-order chi connectivity index (χ0) is 12.1. The molecule has 0 aliphatic carbocycles. The van der Waals surface area contributed by atoms with Crippen LogP contribution < -0.4 is 5.32 Å². The Morgan fingerprint density at radius 1 is 1.47 bits per heavy atom. The predicted octanol–water partition coefficient (Wildman–Crippen LogP) is 1.52. The van der Waals surface area contributed by atoms with Crippen LogP contribution in [0.5, 0.6) is 0 Å². The predicted molar refractivity (Wildman–Crippen MR) is 65.5 cm³/mol. The monoisotopic (exact) mass is 257 g/mol. The molecule has 5 nitrogen and oxygen atoms in total. The van der Waals surface area contributed by atoms with Gasteiger partial charge >= 0.3 is 0 Å². The number of anilines is 1. The first-order valence-electron chi connectivity index (χ1n) is 5.74. The van der Waals surface area contributed by atoms with Crippen LogP contribution in [0.15, 0.2) is 6.33 Å². The van der Waals surface area contributed by atoms with Gasteiger partial charge < -0.3 is 14.8 Å². The van der Waals surface area contributed by atoms with E-state index in [4.69, 9.17) is 21.1 Å². The minimum atomic E-state index is 0.0715. The molecule has 1 atom stereocenters. The summed E-state index contributed by atoms with van der Waals surface area (Å²) in [6.45, 7) is 4.64. The van der Waals surface area contributed by atoms with Gasteiger partial charge in [-0.3, -0.25) is 0 Å². The van der Waals surface area contributed by atoms with Gasteiger partial charge in [-0.25, -0.2) is 9.97 Å². The normalized spacial score (nSPS) is 20.2. The van der Waals surface area contributed by atoms with Crippen LogP contribution in [0.1, 0.15) is 12.5 Å². The van der Waals surface area contributed by atoms with Gasteiger partial charge in [0.25, 0.3) is 0 Å². The summed E-state index contributed by atoms with van der Waals surface area (Å²) in [6, 6.07) is 0. The Kier molecular flexibility index (Phi) is 4.53. The van der Waals surface area contributed by atoms with E-state index in [2.05, 4.69) is 15.3 Å². The third-order valence-corrected chi connectivity index (χ3v) is 2.95. The number of nitrogens with zero attached hydrogens (tertiary/aromatic N) is 2. The first kappa shape index (κ1) is 12.5. The number of hydrogen-bond donors (Lipinski definition) is 1. The van der Waals surface area contributed by atoms with Crippen LogP contribution in [0, 0.1) is 0 Å². The molecule has 17 heavy (non-hydrogen) atoms. The molecule has 1 N–H and O–H groups in total. The molecule has 2 heterocycles. The lowest BCUT2D eigenvalue weighted by Crippen LogP contribution is -2.34. The largest absolute Gasteiger partial charge is 0.376 e. The van der Waals surface area contributed by atoms with E-state index in [1.165, 1.54) is 6.33 Å². The fourth-order valence-electron chi connectivity index (χ4n) is 1.72. The number of rotatable bonds is 4. The molecular weight excluding hydrogens is 242 g/mol. The van der Waals surface area contributed by atoms with Gasteiger partial charge in [0.15, 0.2) is 0 Å². The highest BCUT2D eigenvalue weighted by molar-refractivity contribution is 6.30. The van der Waals surface area contributed by atoms with Gasteiger partial charge in [0, 0.05) is 12.1 Å². The van der Waals surface area contributed by atoms with Gasteiger partial charge in [0.2, 0.25) is 0 Å². The van der Waals surface area contributed by atoms with E-state index in [0.29, 0.717) is 31.5 Å². The molecule has 1 aliphatic rings. The fraction of sp³-hybridized carbons (Fsp3) is 0.636. The van der Waals surface area contributed by atoms with Crippen molar-refractivity contribution in [1.82, 2.24) is 9.97 Å². The lowest BCUT2D eigenvalue weighted by Gasteiger charge is -2.23. The SMILES string of the molecule is CCc1c(Cl)ncnc1NCC1COCCO1. The number of aromatic nitrogens is 2. The zero-order valence-electron chi connectivity index (χ0n) is 9.78. The van der Waals surface area contributed by atoms with Crippen LogP contribution in [-0.4, -0.2) is 42.4 Å². The van der Waals surface area contributed by atoms with E-state index >= 15 is 0 Å². The molecule has 1 aliphatic heterocycles. The van der Waals surface area contributed by atoms with Crippen molar-refractivity contribution >= 4 is 17.4 Å². The Bertz CT molecular complexity index is 370. The van der Waals surface area contributed by atoms with Crippen molar-refractivity contribution < 1.29 is 9.47 Å². The molecule has 1 unspecified atom stereocenters. The Morgan fingerprint density at radius 2 is 2.35 bits per heavy atom. The van der Waals surface area contributed by atoms with Crippen molar-refractivity contribution in [2.45, 2.75) is 19.4 Å². The van der Waals surface area contributed by atoms with Crippen molar-refractivity contribution in [3.63, 3.8) is 0 Å². The molecule has 0 spiro atoms. The van der Waals surface area contributed by atoms with Crippen molar-refractivity contribution in [2.24, 2.45) is 0 Å². The third kappa shape index (κ3) is 3.28. The summed E-state index contributed by atoms with van der Waals surface area (Å²) < 4.78 is 10.9. The zero-order valence-corrected chi connectivity index (χ0v) is 10.5. The summed E-state index contributed by atoms with van der Waals surface area (Å²) in [4.78, 5) is 8.16. The molecule has 94 valence electrons. The minimum absolute atomic E-state index is 0.0715. The Morgan fingerprint density at radius 3 is 3.06 bits per heavy atom. The molecule has 1 aromatic rings. The summed E-state index contributed by atoms with van der Waals surface area (Å²) in [6.07, 6.45) is 2.33. The molecule has 2 rings (SSSR count). The van der Waals surface area contributed by atoms with Crippen molar-refractivity contribution in [3.8, 4) is 0 Å². The second kappa shape index (κ2) is 6.14. The van der Waals surface area contributed by atoms with Crippen LogP contribution in [0.2, 0.25) is 5.15 Å².